The average molecular weight is 250 g/mol. The summed E-state index contributed by atoms with van der Waals surface area (Å²) in [5, 5.41) is 2.57. The number of benzene rings is 1. The van der Waals surface area contributed by atoms with Crippen LogP contribution in [0.2, 0.25) is 5.02 Å². The van der Waals surface area contributed by atoms with Crippen LogP contribution < -0.4 is 5.32 Å². The minimum absolute atomic E-state index is 0.0684. The normalized spacial score (nSPS) is 12.3. The van der Waals surface area contributed by atoms with Crippen LogP contribution in [-0.4, -0.2) is 17.8 Å². The van der Waals surface area contributed by atoms with E-state index in [4.69, 9.17) is 23.2 Å². The van der Waals surface area contributed by atoms with Crippen molar-refractivity contribution in [1.82, 2.24) is 5.32 Å². The Bertz CT molecular complexity index is 370. The van der Waals surface area contributed by atoms with Crippen molar-refractivity contribution >= 4 is 29.1 Å². The summed E-state index contributed by atoms with van der Waals surface area (Å²) in [6.07, 6.45) is 0. The number of hydrogen-bond acceptors (Lipinski definition) is 1. The van der Waals surface area contributed by atoms with Gasteiger partial charge in [0.2, 0.25) is 0 Å². The first-order valence-corrected chi connectivity index (χ1v) is 5.27. The molecule has 82 valence electrons. The number of amides is 1. The van der Waals surface area contributed by atoms with Gasteiger partial charge in [0.1, 0.15) is 5.82 Å². The van der Waals surface area contributed by atoms with Gasteiger partial charge in [0.15, 0.2) is 0 Å². The highest BCUT2D eigenvalue weighted by atomic mass is 35.5. The molecule has 0 heterocycles. The number of carbonyl (C=O) groups excluding carboxylic acids is 1. The van der Waals surface area contributed by atoms with Crippen LogP contribution in [0.3, 0.4) is 0 Å². The molecule has 0 aliphatic heterocycles. The Kier molecular flexibility index (Phi) is 4.36. The van der Waals surface area contributed by atoms with Gasteiger partial charge < -0.3 is 5.32 Å². The number of halogens is 3. The van der Waals surface area contributed by atoms with E-state index in [2.05, 4.69) is 5.32 Å². The Morgan fingerprint density at radius 2 is 2.27 bits per heavy atom. The summed E-state index contributed by atoms with van der Waals surface area (Å²) in [4.78, 5) is 11.5. The third kappa shape index (κ3) is 3.36. The SMILES string of the molecule is CC(CCl)NC(=O)c1ccc(F)c(Cl)c1. The van der Waals surface area contributed by atoms with E-state index >= 15 is 0 Å². The van der Waals surface area contributed by atoms with Gasteiger partial charge in [-0.2, -0.15) is 0 Å². The van der Waals surface area contributed by atoms with E-state index in [9.17, 15) is 9.18 Å². The summed E-state index contributed by atoms with van der Waals surface area (Å²) in [5.74, 6) is -0.538. The summed E-state index contributed by atoms with van der Waals surface area (Å²) in [5.41, 5.74) is 0.318. The predicted molar refractivity (Wildman–Crippen MR) is 59.1 cm³/mol. The van der Waals surface area contributed by atoms with Crippen molar-refractivity contribution in [2.24, 2.45) is 0 Å². The first-order valence-electron chi connectivity index (χ1n) is 4.36. The molecule has 15 heavy (non-hydrogen) atoms. The Balaban J connectivity index is 2.78. The van der Waals surface area contributed by atoms with E-state index in [-0.39, 0.29) is 17.0 Å². The number of hydrogen-bond donors (Lipinski definition) is 1. The average Bonchev–Trinajstić information content (AvgIpc) is 2.21. The lowest BCUT2D eigenvalue weighted by Gasteiger charge is -2.10. The first-order chi connectivity index (χ1) is 7.04. The Morgan fingerprint density at radius 3 is 2.80 bits per heavy atom. The summed E-state index contributed by atoms with van der Waals surface area (Å²) in [6.45, 7) is 1.77. The van der Waals surface area contributed by atoms with Gasteiger partial charge in [-0.1, -0.05) is 11.6 Å². The van der Waals surface area contributed by atoms with Gasteiger partial charge in [-0.3, -0.25) is 4.79 Å². The molecule has 0 fully saturated rings. The van der Waals surface area contributed by atoms with Gasteiger partial charge in [0.05, 0.1) is 5.02 Å². The van der Waals surface area contributed by atoms with Gasteiger partial charge in [-0.25, -0.2) is 4.39 Å². The molecule has 2 nitrogen and oxygen atoms in total. The van der Waals surface area contributed by atoms with E-state index < -0.39 is 5.82 Å². The van der Waals surface area contributed by atoms with Crippen LogP contribution in [0.25, 0.3) is 0 Å². The monoisotopic (exact) mass is 249 g/mol. The van der Waals surface area contributed by atoms with Crippen molar-refractivity contribution in [2.75, 3.05) is 5.88 Å². The fourth-order valence-corrected chi connectivity index (χ4v) is 1.24. The number of alkyl halides is 1. The van der Waals surface area contributed by atoms with Crippen LogP contribution in [0.4, 0.5) is 4.39 Å². The second kappa shape index (κ2) is 5.33. The first kappa shape index (κ1) is 12.3. The molecule has 5 heteroatoms. The molecule has 1 atom stereocenters. The zero-order valence-electron chi connectivity index (χ0n) is 8.06. The largest absolute Gasteiger partial charge is 0.348 e. The molecule has 0 aliphatic rings. The topological polar surface area (TPSA) is 29.1 Å². The van der Waals surface area contributed by atoms with Crippen molar-refractivity contribution in [3.63, 3.8) is 0 Å². The molecule has 0 aliphatic carbocycles. The van der Waals surface area contributed by atoms with Gasteiger partial charge in [0.25, 0.3) is 5.91 Å². The van der Waals surface area contributed by atoms with Crippen LogP contribution in [0.1, 0.15) is 17.3 Å². The summed E-state index contributed by atoms with van der Waals surface area (Å²) >= 11 is 11.1. The van der Waals surface area contributed by atoms with Crippen molar-refractivity contribution in [3.8, 4) is 0 Å². The lowest BCUT2D eigenvalue weighted by Crippen LogP contribution is -2.33. The van der Waals surface area contributed by atoms with Gasteiger partial charge in [-0.15, -0.1) is 11.6 Å². The maximum atomic E-state index is 12.8. The molecular formula is C10H10Cl2FNO. The molecule has 1 unspecified atom stereocenters. The number of rotatable bonds is 3. The molecule has 0 radical (unpaired) electrons. The molecule has 0 saturated carbocycles. The fraction of sp³-hybridized carbons (Fsp3) is 0.300. The molecule has 1 amide bonds. The van der Waals surface area contributed by atoms with E-state index in [0.29, 0.717) is 11.4 Å². The van der Waals surface area contributed by atoms with Crippen LogP contribution >= 0.6 is 23.2 Å². The lowest BCUT2D eigenvalue weighted by molar-refractivity contribution is 0.0943. The van der Waals surface area contributed by atoms with Crippen LogP contribution in [-0.2, 0) is 0 Å². The quantitative estimate of drug-likeness (QED) is 0.821. The third-order valence-corrected chi connectivity index (χ3v) is 2.54. The van der Waals surface area contributed by atoms with Crippen molar-refractivity contribution < 1.29 is 9.18 Å². The predicted octanol–water partition coefficient (Wildman–Crippen LogP) is 2.84. The number of nitrogens with one attached hydrogen (secondary N) is 1. The molecule has 1 aromatic carbocycles. The van der Waals surface area contributed by atoms with Crippen molar-refractivity contribution in [2.45, 2.75) is 13.0 Å². The Hall–Kier alpha value is -0.800. The van der Waals surface area contributed by atoms with Crippen molar-refractivity contribution in [1.29, 1.82) is 0 Å². The molecule has 0 bridgehead atoms. The second-order valence-electron chi connectivity index (χ2n) is 3.16. The summed E-state index contributed by atoms with van der Waals surface area (Å²) < 4.78 is 12.8. The van der Waals surface area contributed by atoms with Crippen LogP contribution in [0.5, 0.6) is 0 Å². The smallest absolute Gasteiger partial charge is 0.251 e. The minimum atomic E-state index is -0.543. The van der Waals surface area contributed by atoms with E-state index in [1.54, 1.807) is 6.92 Å². The summed E-state index contributed by atoms with van der Waals surface area (Å²) in [7, 11) is 0. The molecule has 0 spiro atoms. The highest BCUT2D eigenvalue weighted by Gasteiger charge is 2.10. The lowest BCUT2D eigenvalue weighted by atomic mass is 10.2. The standard InChI is InChI=1S/C10H10Cl2FNO/c1-6(5-11)14-10(15)7-2-3-9(13)8(12)4-7/h2-4,6H,5H2,1H3,(H,14,15). The fourth-order valence-electron chi connectivity index (χ4n) is 0.983. The van der Waals surface area contributed by atoms with Crippen LogP contribution in [0.15, 0.2) is 18.2 Å². The maximum Gasteiger partial charge on any atom is 0.251 e. The molecule has 1 rings (SSSR count). The zero-order chi connectivity index (χ0) is 11.4. The van der Waals surface area contributed by atoms with Crippen molar-refractivity contribution in [3.05, 3.63) is 34.6 Å². The highest BCUT2D eigenvalue weighted by Crippen LogP contribution is 2.15. The molecule has 0 saturated heterocycles. The summed E-state index contributed by atoms with van der Waals surface area (Å²) in [6, 6.07) is 3.68. The zero-order valence-corrected chi connectivity index (χ0v) is 9.57. The molecule has 1 N–H and O–H groups in total. The van der Waals surface area contributed by atoms with E-state index in [1.807, 2.05) is 0 Å². The molecule has 1 aromatic rings. The molecular weight excluding hydrogens is 240 g/mol. The number of carbonyl (C=O) groups is 1. The maximum absolute atomic E-state index is 12.8. The second-order valence-corrected chi connectivity index (χ2v) is 3.87. The molecule has 0 aromatic heterocycles. The van der Waals surface area contributed by atoms with Gasteiger partial charge in [-0.05, 0) is 25.1 Å². The Morgan fingerprint density at radius 1 is 1.60 bits per heavy atom. The van der Waals surface area contributed by atoms with Crippen LogP contribution in [0, 0.1) is 5.82 Å². The van der Waals surface area contributed by atoms with Gasteiger partial charge >= 0.3 is 0 Å². The third-order valence-electron chi connectivity index (χ3n) is 1.79. The minimum Gasteiger partial charge on any atom is -0.348 e. The van der Waals surface area contributed by atoms with Gasteiger partial charge in [0, 0.05) is 17.5 Å². The van der Waals surface area contributed by atoms with E-state index in [1.165, 1.54) is 12.1 Å². The highest BCUT2D eigenvalue weighted by molar-refractivity contribution is 6.31. The Labute approximate surface area is 97.4 Å². The van der Waals surface area contributed by atoms with E-state index in [0.717, 1.165) is 6.07 Å².